The summed E-state index contributed by atoms with van der Waals surface area (Å²) in [7, 11) is 0. The van der Waals surface area contributed by atoms with Gasteiger partial charge in [-0.1, -0.05) is 0 Å². The maximum absolute atomic E-state index is 11.8. The second-order valence-electron chi connectivity index (χ2n) is 3.37. The van der Waals surface area contributed by atoms with Crippen LogP contribution in [-0.2, 0) is 4.74 Å². The zero-order chi connectivity index (χ0) is 9.97. The number of pyridine rings is 1. The van der Waals surface area contributed by atoms with Gasteiger partial charge < -0.3 is 10.5 Å². The van der Waals surface area contributed by atoms with E-state index in [-0.39, 0.29) is 11.7 Å². The molecule has 0 amide bonds. The Morgan fingerprint density at radius 2 is 2.50 bits per heavy atom. The Morgan fingerprint density at radius 3 is 3.14 bits per heavy atom. The molecule has 1 aliphatic heterocycles. The molecular weight excluding hydrogens is 180 g/mol. The molecule has 74 valence electrons. The van der Waals surface area contributed by atoms with Crippen LogP contribution in [0.2, 0.25) is 0 Å². The van der Waals surface area contributed by atoms with Crippen molar-refractivity contribution in [2.75, 3.05) is 18.9 Å². The first-order valence-corrected chi connectivity index (χ1v) is 4.61. The highest BCUT2D eigenvalue weighted by atomic mass is 16.5. The Morgan fingerprint density at radius 1 is 1.64 bits per heavy atom. The Labute approximate surface area is 82.1 Å². The third kappa shape index (κ3) is 1.61. The lowest BCUT2D eigenvalue weighted by Gasteiger charge is -2.07. The van der Waals surface area contributed by atoms with Gasteiger partial charge in [0.15, 0.2) is 5.78 Å². The van der Waals surface area contributed by atoms with Crippen LogP contribution in [0.15, 0.2) is 18.3 Å². The van der Waals surface area contributed by atoms with Crippen LogP contribution in [0, 0.1) is 5.92 Å². The summed E-state index contributed by atoms with van der Waals surface area (Å²) in [5.41, 5.74) is 6.49. The van der Waals surface area contributed by atoms with Gasteiger partial charge in [0.1, 0.15) is 5.69 Å². The number of ketones is 1. The summed E-state index contributed by atoms with van der Waals surface area (Å²) in [6.07, 6.45) is 2.36. The number of rotatable bonds is 2. The molecule has 1 atom stereocenters. The van der Waals surface area contributed by atoms with Crippen LogP contribution in [-0.4, -0.2) is 24.0 Å². The minimum atomic E-state index is -0.0628. The SMILES string of the molecule is Nc1cccnc1C(=O)C1CCOC1. The third-order valence-electron chi connectivity index (χ3n) is 2.37. The number of carbonyl (C=O) groups excluding carboxylic acids is 1. The van der Waals surface area contributed by atoms with Crippen LogP contribution >= 0.6 is 0 Å². The van der Waals surface area contributed by atoms with Crippen LogP contribution in [0.3, 0.4) is 0 Å². The fourth-order valence-corrected chi connectivity index (χ4v) is 1.56. The molecule has 1 unspecified atom stereocenters. The lowest BCUT2D eigenvalue weighted by molar-refractivity contribution is 0.0896. The molecular formula is C10H12N2O2. The van der Waals surface area contributed by atoms with E-state index in [1.54, 1.807) is 18.3 Å². The molecule has 4 nitrogen and oxygen atoms in total. The predicted octanol–water partition coefficient (Wildman–Crippen LogP) is 0.883. The number of ether oxygens (including phenoxy) is 1. The van der Waals surface area contributed by atoms with Crippen molar-refractivity contribution in [3.63, 3.8) is 0 Å². The molecule has 2 heterocycles. The van der Waals surface area contributed by atoms with Crippen molar-refractivity contribution in [3.05, 3.63) is 24.0 Å². The Bertz CT molecular complexity index is 346. The average molecular weight is 192 g/mol. The van der Waals surface area contributed by atoms with E-state index < -0.39 is 0 Å². The van der Waals surface area contributed by atoms with Gasteiger partial charge in [-0.25, -0.2) is 0 Å². The van der Waals surface area contributed by atoms with Crippen LogP contribution < -0.4 is 5.73 Å². The van der Waals surface area contributed by atoms with Crippen LogP contribution in [0.5, 0.6) is 0 Å². The molecule has 4 heteroatoms. The first-order valence-electron chi connectivity index (χ1n) is 4.61. The fourth-order valence-electron chi connectivity index (χ4n) is 1.56. The summed E-state index contributed by atoms with van der Waals surface area (Å²) < 4.78 is 5.15. The second-order valence-corrected chi connectivity index (χ2v) is 3.37. The van der Waals surface area contributed by atoms with E-state index in [0.29, 0.717) is 24.6 Å². The van der Waals surface area contributed by atoms with Crippen LogP contribution in [0.25, 0.3) is 0 Å². The lowest BCUT2D eigenvalue weighted by atomic mass is 10.00. The highest BCUT2D eigenvalue weighted by molar-refractivity contribution is 6.00. The van der Waals surface area contributed by atoms with Gasteiger partial charge in [-0.15, -0.1) is 0 Å². The van der Waals surface area contributed by atoms with E-state index in [1.807, 2.05) is 0 Å². The van der Waals surface area contributed by atoms with Gasteiger partial charge >= 0.3 is 0 Å². The first kappa shape index (κ1) is 9.15. The molecule has 0 saturated carbocycles. The van der Waals surface area contributed by atoms with Crippen molar-refractivity contribution in [3.8, 4) is 0 Å². The first-order chi connectivity index (χ1) is 6.79. The fraction of sp³-hybridized carbons (Fsp3) is 0.400. The predicted molar refractivity (Wildman–Crippen MR) is 51.9 cm³/mol. The summed E-state index contributed by atoms with van der Waals surface area (Å²) in [5.74, 6) is -0.0622. The number of carbonyl (C=O) groups is 1. The quantitative estimate of drug-likeness (QED) is 0.706. The Kier molecular flexibility index (Phi) is 2.45. The topological polar surface area (TPSA) is 65.2 Å². The number of Topliss-reactive ketones (excluding diaryl/α,β-unsaturated/α-hetero) is 1. The largest absolute Gasteiger partial charge is 0.397 e. The van der Waals surface area contributed by atoms with Crippen molar-refractivity contribution in [1.82, 2.24) is 4.98 Å². The Balaban J connectivity index is 2.22. The third-order valence-corrected chi connectivity index (χ3v) is 2.37. The highest BCUT2D eigenvalue weighted by Gasteiger charge is 2.26. The molecule has 14 heavy (non-hydrogen) atoms. The van der Waals surface area contributed by atoms with Crippen LogP contribution in [0.1, 0.15) is 16.9 Å². The van der Waals surface area contributed by atoms with E-state index in [0.717, 1.165) is 6.42 Å². The molecule has 1 aromatic heterocycles. The summed E-state index contributed by atoms with van der Waals surface area (Å²) in [4.78, 5) is 15.8. The zero-order valence-electron chi connectivity index (χ0n) is 7.77. The van der Waals surface area contributed by atoms with E-state index >= 15 is 0 Å². The van der Waals surface area contributed by atoms with Gasteiger partial charge in [-0.3, -0.25) is 9.78 Å². The second kappa shape index (κ2) is 3.75. The smallest absolute Gasteiger partial charge is 0.188 e. The number of nitrogens with two attached hydrogens (primary N) is 1. The molecule has 0 aromatic carbocycles. The zero-order valence-corrected chi connectivity index (χ0v) is 7.77. The highest BCUT2D eigenvalue weighted by Crippen LogP contribution is 2.20. The lowest BCUT2D eigenvalue weighted by Crippen LogP contribution is -2.17. The number of nitrogen functional groups attached to an aromatic ring is 1. The van der Waals surface area contributed by atoms with E-state index in [9.17, 15) is 4.79 Å². The molecule has 2 rings (SSSR count). The minimum absolute atomic E-state index is 0.000556. The number of anilines is 1. The van der Waals surface area contributed by atoms with Gasteiger partial charge in [-0.2, -0.15) is 0 Å². The summed E-state index contributed by atoms with van der Waals surface area (Å²) in [5, 5.41) is 0. The van der Waals surface area contributed by atoms with Gasteiger partial charge in [0.05, 0.1) is 12.3 Å². The molecule has 2 N–H and O–H groups in total. The van der Waals surface area contributed by atoms with Gasteiger partial charge in [0.2, 0.25) is 0 Å². The average Bonchev–Trinajstić information content (AvgIpc) is 2.70. The van der Waals surface area contributed by atoms with Crippen LogP contribution in [0.4, 0.5) is 5.69 Å². The molecule has 1 aliphatic rings. The number of aromatic nitrogens is 1. The normalized spacial score (nSPS) is 21.0. The van der Waals surface area contributed by atoms with E-state index in [1.165, 1.54) is 0 Å². The maximum atomic E-state index is 11.8. The molecule has 0 aliphatic carbocycles. The number of hydrogen-bond donors (Lipinski definition) is 1. The summed E-state index contributed by atoms with van der Waals surface area (Å²) in [6.45, 7) is 1.15. The van der Waals surface area contributed by atoms with Crippen molar-refractivity contribution >= 4 is 11.5 Å². The monoisotopic (exact) mass is 192 g/mol. The molecule has 1 aromatic rings. The molecule has 0 radical (unpaired) electrons. The van der Waals surface area contributed by atoms with E-state index in [4.69, 9.17) is 10.5 Å². The standard InChI is InChI=1S/C10H12N2O2/c11-8-2-1-4-12-9(8)10(13)7-3-5-14-6-7/h1-2,4,7H,3,5-6,11H2. The molecule has 0 bridgehead atoms. The number of nitrogens with zero attached hydrogens (tertiary/aromatic N) is 1. The van der Waals surface area contributed by atoms with Gasteiger partial charge in [0, 0.05) is 18.7 Å². The van der Waals surface area contributed by atoms with Crippen molar-refractivity contribution in [2.24, 2.45) is 5.92 Å². The van der Waals surface area contributed by atoms with Crippen molar-refractivity contribution < 1.29 is 9.53 Å². The molecule has 0 spiro atoms. The van der Waals surface area contributed by atoms with Gasteiger partial charge in [-0.05, 0) is 18.6 Å². The van der Waals surface area contributed by atoms with Crippen molar-refractivity contribution in [1.29, 1.82) is 0 Å². The van der Waals surface area contributed by atoms with E-state index in [2.05, 4.69) is 4.98 Å². The minimum Gasteiger partial charge on any atom is -0.397 e. The summed E-state index contributed by atoms with van der Waals surface area (Å²) in [6, 6.07) is 3.41. The molecule has 1 fully saturated rings. The maximum Gasteiger partial charge on any atom is 0.188 e. The van der Waals surface area contributed by atoms with Crippen molar-refractivity contribution in [2.45, 2.75) is 6.42 Å². The summed E-state index contributed by atoms with van der Waals surface area (Å²) >= 11 is 0. The molecule has 1 saturated heterocycles. The number of hydrogen-bond acceptors (Lipinski definition) is 4. The van der Waals surface area contributed by atoms with Gasteiger partial charge in [0.25, 0.3) is 0 Å². The Hall–Kier alpha value is -1.42.